The summed E-state index contributed by atoms with van der Waals surface area (Å²) in [6, 6.07) is 0. The van der Waals surface area contributed by atoms with Gasteiger partial charge in [-0.2, -0.15) is 4.37 Å². The minimum Gasteiger partial charge on any atom is -0.504 e. The van der Waals surface area contributed by atoms with Crippen LogP contribution in [0.3, 0.4) is 0 Å². The molecule has 0 fully saturated rings. The van der Waals surface area contributed by atoms with Crippen molar-refractivity contribution in [3.05, 3.63) is 9.98 Å². The van der Waals surface area contributed by atoms with Crippen molar-refractivity contribution in [3.8, 4) is 5.75 Å². The molecule has 0 aliphatic rings. The summed E-state index contributed by atoms with van der Waals surface area (Å²) in [4.78, 5) is 0. The zero-order chi connectivity index (χ0) is 5.28. The molecule has 0 saturated heterocycles. The van der Waals surface area contributed by atoms with E-state index in [9.17, 15) is 0 Å². The lowest BCUT2D eigenvalue weighted by Crippen LogP contribution is -1.48. The van der Waals surface area contributed by atoms with Crippen LogP contribution in [-0.4, -0.2) is 9.48 Å². The number of aromatic nitrogens is 1. The zero-order valence-corrected chi connectivity index (χ0v) is 5.66. The Bertz CT molecular complexity index is 147. The number of rotatable bonds is 0. The highest BCUT2D eigenvalue weighted by molar-refractivity contribution is 9.11. The van der Waals surface area contributed by atoms with Gasteiger partial charge in [-0.15, -0.1) is 0 Å². The number of hydrogen-bond acceptors (Lipinski definition) is 3. The second-order valence-corrected chi connectivity index (χ2v) is 3.10. The molecular weight excluding hydrogens is 178 g/mol. The van der Waals surface area contributed by atoms with E-state index in [1.165, 1.54) is 17.7 Å². The van der Waals surface area contributed by atoms with Crippen LogP contribution in [0.5, 0.6) is 5.75 Å². The Balaban J connectivity index is 3.12. The third-order valence-electron chi connectivity index (χ3n) is 0.509. The third-order valence-corrected chi connectivity index (χ3v) is 1.93. The summed E-state index contributed by atoms with van der Waals surface area (Å²) in [6.07, 6.45) is 1.40. The van der Waals surface area contributed by atoms with Gasteiger partial charge in [0.05, 0.1) is 6.20 Å². The normalized spacial score (nSPS) is 9.29. The minimum absolute atomic E-state index is 0.213. The van der Waals surface area contributed by atoms with Crippen molar-refractivity contribution in [3.63, 3.8) is 0 Å². The number of hydrogen-bond donors (Lipinski definition) is 1. The smallest absolute Gasteiger partial charge is 0.160 e. The van der Waals surface area contributed by atoms with Gasteiger partial charge in [-0.25, -0.2) is 0 Å². The van der Waals surface area contributed by atoms with E-state index in [0.29, 0.717) is 3.79 Å². The molecule has 7 heavy (non-hydrogen) atoms. The maximum atomic E-state index is 8.66. The summed E-state index contributed by atoms with van der Waals surface area (Å²) in [7, 11) is 0. The average Bonchev–Trinajstić information content (AvgIpc) is 1.91. The van der Waals surface area contributed by atoms with Crippen LogP contribution in [0, 0.1) is 0 Å². The molecular formula is C3H2BrNOS. The standard InChI is InChI=1S/C3H2BrNOS/c4-3-2(6)1-5-7-3/h1,6H. The van der Waals surface area contributed by atoms with Crippen LogP contribution in [0.15, 0.2) is 9.98 Å². The van der Waals surface area contributed by atoms with Gasteiger partial charge in [-0.05, 0) is 27.5 Å². The summed E-state index contributed by atoms with van der Waals surface area (Å²) >= 11 is 4.29. The molecule has 2 nitrogen and oxygen atoms in total. The zero-order valence-electron chi connectivity index (χ0n) is 3.26. The maximum absolute atomic E-state index is 8.66. The fraction of sp³-hybridized carbons (Fsp3) is 0. The van der Waals surface area contributed by atoms with Gasteiger partial charge in [0.15, 0.2) is 5.75 Å². The molecule has 0 aromatic carbocycles. The van der Waals surface area contributed by atoms with Crippen LogP contribution in [0.4, 0.5) is 0 Å². The Morgan fingerprint density at radius 1 is 1.86 bits per heavy atom. The van der Waals surface area contributed by atoms with Crippen LogP contribution >= 0.6 is 27.5 Å². The van der Waals surface area contributed by atoms with Gasteiger partial charge < -0.3 is 5.11 Å². The Morgan fingerprint density at radius 3 is 2.71 bits per heavy atom. The van der Waals surface area contributed by atoms with Crippen LogP contribution in [0.25, 0.3) is 0 Å². The van der Waals surface area contributed by atoms with E-state index >= 15 is 0 Å². The van der Waals surface area contributed by atoms with Crippen molar-refractivity contribution in [2.45, 2.75) is 0 Å². The second kappa shape index (κ2) is 1.79. The fourth-order valence-electron chi connectivity index (χ4n) is 0.220. The van der Waals surface area contributed by atoms with Gasteiger partial charge in [-0.1, -0.05) is 0 Å². The van der Waals surface area contributed by atoms with Crippen molar-refractivity contribution in [1.82, 2.24) is 4.37 Å². The van der Waals surface area contributed by atoms with Crippen molar-refractivity contribution in [1.29, 1.82) is 0 Å². The first-order valence-corrected chi connectivity index (χ1v) is 3.16. The lowest BCUT2D eigenvalue weighted by molar-refractivity contribution is 0.473. The lowest BCUT2D eigenvalue weighted by Gasteiger charge is -1.74. The Labute approximate surface area is 53.1 Å². The molecule has 1 aromatic rings. The molecule has 1 N–H and O–H groups in total. The molecule has 0 aliphatic heterocycles. The number of halogens is 1. The van der Waals surface area contributed by atoms with E-state index in [0.717, 1.165) is 0 Å². The maximum Gasteiger partial charge on any atom is 0.160 e. The van der Waals surface area contributed by atoms with Gasteiger partial charge in [-0.3, -0.25) is 0 Å². The quantitative estimate of drug-likeness (QED) is 0.657. The van der Waals surface area contributed by atoms with Gasteiger partial charge in [0.2, 0.25) is 0 Å². The lowest BCUT2D eigenvalue weighted by atomic mass is 10.7. The molecule has 0 radical (unpaired) electrons. The molecule has 0 aliphatic carbocycles. The predicted octanol–water partition coefficient (Wildman–Crippen LogP) is 1.61. The molecule has 0 atom stereocenters. The van der Waals surface area contributed by atoms with Gasteiger partial charge >= 0.3 is 0 Å². The minimum atomic E-state index is 0.213. The summed E-state index contributed by atoms with van der Waals surface area (Å²) in [6.45, 7) is 0. The average molecular weight is 180 g/mol. The van der Waals surface area contributed by atoms with E-state index in [1.54, 1.807) is 0 Å². The Kier molecular flexibility index (Phi) is 1.30. The van der Waals surface area contributed by atoms with Crippen molar-refractivity contribution >= 4 is 27.5 Å². The van der Waals surface area contributed by atoms with Crippen LogP contribution in [-0.2, 0) is 0 Å². The van der Waals surface area contributed by atoms with Crippen molar-refractivity contribution < 1.29 is 5.11 Å². The molecule has 0 unspecified atom stereocenters. The molecule has 0 spiro atoms. The molecule has 0 amide bonds. The van der Waals surface area contributed by atoms with Crippen LogP contribution < -0.4 is 0 Å². The third kappa shape index (κ3) is 0.920. The molecule has 0 saturated carbocycles. The number of aromatic hydroxyl groups is 1. The fourth-order valence-corrected chi connectivity index (χ4v) is 0.965. The van der Waals surface area contributed by atoms with E-state index < -0.39 is 0 Å². The monoisotopic (exact) mass is 179 g/mol. The van der Waals surface area contributed by atoms with E-state index in [1.807, 2.05) is 0 Å². The molecule has 4 heteroatoms. The second-order valence-electron chi connectivity index (χ2n) is 0.985. The van der Waals surface area contributed by atoms with Crippen LogP contribution in [0.2, 0.25) is 0 Å². The van der Waals surface area contributed by atoms with Gasteiger partial charge in [0, 0.05) is 0 Å². The van der Waals surface area contributed by atoms with Crippen molar-refractivity contribution in [2.24, 2.45) is 0 Å². The van der Waals surface area contributed by atoms with Gasteiger partial charge in [0.1, 0.15) is 3.79 Å². The van der Waals surface area contributed by atoms with Gasteiger partial charge in [0.25, 0.3) is 0 Å². The Morgan fingerprint density at radius 2 is 2.57 bits per heavy atom. The first-order chi connectivity index (χ1) is 3.30. The van der Waals surface area contributed by atoms with Crippen LogP contribution in [0.1, 0.15) is 0 Å². The molecule has 1 aromatic heterocycles. The molecule has 0 bridgehead atoms. The molecule has 1 rings (SSSR count). The molecule has 38 valence electrons. The summed E-state index contributed by atoms with van der Waals surface area (Å²) in [5, 5.41) is 8.66. The Hall–Kier alpha value is -0.0900. The highest BCUT2D eigenvalue weighted by atomic mass is 79.9. The highest BCUT2D eigenvalue weighted by Crippen LogP contribution is 2.25. The SMILES string of the molecule is Oc1cnsc1Br. The summed E-state index contributed by atoms with van der Waals surface area (Å²) in [5.41, 5.74) is 0. The van der Waals surface area contributed by atoms with Crippen molar-refractivity contribution in [2.75, 3.05) is 0 Å². The van der Waals surface area contributed by atoms with E-state index in [4.69, 9.17) is 5.11 Å². The first-order valence-electron chi connectivity index (χ1n) is 1.60. The largest absolute Gasteiger partial charge is 0.504 e. The summed E-state index contributed by atoms with van der Waals surface area (Å²) < 4.78 is 4.35. The van der Waals surface area contributed by atoms with E-state index in [2.05, 4.69) is 20.3 Å². The summed E-state index contributed by atoms with van der Waals surface area (Å²) in [5.74, 6) is 0.213. The number of nitrogens with zero attached hydrogens (tertiary/aromatic N) is 1. The predicted molar refractivity (Wildman–Crippen MR) is 31.5 cm³/mol. The highest BCUT2D eigenvalue weighted by Gasteiger charge is 1.94. The first kappa shape index (κ1) is 5.05. The molecule has 1 heterocycles. The topological polar surface area (TPSA) is 33.1 Å². The van der Waals surface area contributed by atoms with E-state index in [-0.39, 0.29) is 5.75 Å².